The van der Waals surface area contributed by atoms with Gasteiger partial charge in [0.05, 0.1) is 6.04 Å². The van der Waals surface area contributed by atoms with Gasteiger partial charge in [-0.25, -0.2) is 0 Å². The predicted molar refractivity (Wildman–Crippen MR) is 122 cm³/mol. The van der Waals surface area contributed by atoms with Gasteiger partial charge in [-0.15, -0.1) is 0 Å². The minimum absolute atomic E-state index is 0.116. The number of benzene rings is 2. The molecule has 1 aliphatic rings. The fourth-order valence-electron chi connectivity index (χ4n) is 3.69. The van der Waals surface area contributed by atoms with Crippen LogP contribution >= 0.6 is 0 Å². The highest BCUT2D eigenvalue weighted by molar-refractivity contribution is 5.95. The van der Waals surface area contributed by atoms with Gasteiger partial charge in [-0.2, -0.15) is 0 Å². The molecule has 158 valence electrons. The lowest BCUT2D eigenvalue weighted by Crippen LogP contribution is -2.33. The monoisotopic (exact) mass is 405 g/mol. The van der Waals surface area contributed by atoms with Gasteiger partial charge in [-0.3, -0.25) is 9.59 Å². The molecule has 1 aliphatic heterocycles. The number of nitrogens with one attached hydrogen (secondary N) is 1. The lowest BCUT2D eigenvalue weighted by Gasteiger charge is -2.25. The highest BCUT2D eigenvalue weighted by Crippen LogP contribution is 2.22. The van der Waals surface area contributed by atoms with Crippen LogP contribution in [0.2, 0.25) is 0 Å². The van der Waals surface area contributed by atoms with Gasteiger partial charge in [0.15, 0.2) is 0 Å². The summed E-state index contributed by atoms with van der Waals surface area (Å²) in [5, 5.41) is 3.00. The van der Waals surface area contributed by atoms with Crippen LogP contribution < -0.4 is 10.2 Å². The Balaban J connectivity index is 1.55. The molecule has 0 aromatic heterocycles. The summed E-state index contributed by atoms with van der Waals surface area (Å²) in [5.41, 5.74) is 4.35. The summed E-state index contributed by atoms with van der Waals surface area (Å²) in [6, 6.07) is 16.4. The fraction of sp³-hybridized carbons (Fsp3) is 0.360. The van der Waals surface area contributed by atoms with Crippen LogP contribution in [0.1, 0.15) is 42.5 Å². The van der Waals surface area contributed by atoms with E-state index in [1.807, 2.05) is 43.3 Å². The van der Waals surface area contributed by atoms with Crippen LogP contribution in [0.5, 0.6) is 0 Å². The molecule has 0 bridgehead atoms. The van der Waals surface area contributed by atoms with Crippen LogP contribution in [-0.2, 0) is 16.0 Å². The Morgan fingerprint density at radius 3 is 2.40 bits per heavy atom. The molecule has 5 heteroatoms. The highest BCUT2D eigenvalue weighted by Gasteiger charge is 2.21. The van der Waals surface area contributed by atoms with Crippen molar-refractivity contribution in [2.75, 3.05) is 32.1 Å². The Kier molecular flexibility index (Phi) is 7.41. The van der Waals surface area contributed by atoms with Gasteiger partial charge in [0.25, 0.3) is 0 Å². The largest absolute Gasteiger partial charge is 0.351 e. The van der Waals surface area contributed by atoms with E-state index in [2.05, 4.69) is 41.4 Å². The van der Waals surface area contributed by atoms with Crippen LogP contribution in [-0.4, -0.2) is 43.9 Å². The molecule has 3 rings (SSSR count). The molecule has 1 atom stereocenters. The minimum Gasteiger partial charge on any atom is -0.351 e. The lowest BCUT2D eigenvalue weighted by atomic mass is 10.0. The number of rotatable bonds is 8. The number of nitrogens with zero attached hydrogens (tertiary/aromatic N) is 2. The molecule has 2 amide bonds. The lowest BCUT2D eigenvalue weighted by molar-refractivity contribution is -0.117. The van der Waals surface area contributed by atoms with Gasteiger partial charge in [0.2, 0.25) is 11.8 Å². The van der Waals surface area contributed by atoms with Gasteiger partial charge >= 0.3 is 0 Å². The molecule has 0 aliphatic carbocycles. The molecule has 1 unspecified atom stereocenters. The summed E-state index contributed by atoms with van der Waals surface area (Å²) in [6.07, 6.45) is 5.91. The van der Waals surface area contributed by atoms with Crippen molar-refractivity contribution in [3.8, 4) is 0 Å². The number of hydrogen-bond donors (Lipinski definition) is 1. The number of carbonyl (C=O) groups is 2. The summed E-state index contributed by atoms with van der Waals surface area (Å²) >= 11 is 0. The molecule has 2 aromatic carbocycles. The summed E-state index contributed by atoms with van der Waals surface area (Å²) in [7, 11) is 4.04. The topological polar surface area (TPSA) is 52.7 Å². The molecular formula is C25H31N3O2. The normalized spacial score (nSPS) is 15.2. The second kappa shape index (κ2) is 10.2. The molecule has 0 saturated carbocycles. The van der Waals surface area contributed by atoms with E-state index in [1.165, 1.54) is 11.1 Å². The van der Waals surface area contributed by atoms with Gasteiger partial charge in [-0.05, 0) is 61.8 Å². The van der Waals surface area contributed by atoms with Crippen molar-refractivity contribution in [2.24, 2.45) is 0 Å². The van der Waals surface area contributed by atoms with Crippen molar-refractivity contribution in [1.82, 2.24) is 10.2 Å². The number of amides is 2. The molecule has 0 radical (unpaired) electrons. The van der Waals surface area contributed by atoms with E-state index < -0.39 is 0 Å². The number of likely N-dealkylation sites (N-methyl/N-ethyl adjacent to an activating group) is 1. The molecule has 30 heavy (non-hydrogen) atoms. The van der Waals surface area contributed by atoms with Crippen LogP contribution in [0.15, 0.2) is 54.6 Å². The molecule has 5 nitrogen and oxygen atoms in total. The first-order valence-corrected chi connectivity index (χ1v) is 10.6. The highest BCUT2D eigenvalue weighted by atomic mass is 16.2. The summed E-state index contributed by atoms with van der Waals surface area (Å²) in [6.45, 7) is 3.47. The zero-order valence-electron chi connectivity index (χ0n) is 18.1. The zero-order chi connectivity index (χ0) is 21.5. The maximum atomic E-state index is 12.3. The van der Waals surface area contributed by atoms with Crippen molar-refractivity contribution in [2.45, 2.75) is 32.2 Å². The molecule has 0 spiro atoms. The first-order chi connectivity index (χ1) is 14.5. The Morgan fingerprint density at radius 1 is 1.13 bits per heavy atom. The van der Waals surface area contributed by atoms with Crippen LogP contribution in [0.25, 0.3) is 6.08 Å². The van der Waals surface area contributed by atoms with E-state index in [9.17, 15) is 9.59 Å². The van der Waals surface area contributed by atoms with Crippen molar-refractivity contribution in [3.05, 3.63) is 71.3 Å². The second-order valence-corrected chi connectivity index (χ2v) is 7.89. The SMILES string of the molecule is CCc1ccc(C(CNC(=O)/C=C/c2ccc(N3CCCC3=O)cc2)N(C)C)cc1. The van der Waals surface area contributed by atoms with Gasteiger partial charge < -0.3 is 15.1 Å². The first kappa shape index (κ1) is 21.8. The standard InChI is InChI=1S/C25H31N3O2/c1-4-19-7-12-21(13-8-19)23(27(2)3)18-26-24(29)16-11-20-9-14-22(15-10-20)28-17-5-6-25(28)30/h7-16,23H,4-6,17-18H2,1-3H3,(H,26,29)/b16-11+. The molecule has 1 fully saturated rings. The van der Waals surface area contributed by atoms with E-state index in [1.54, 1.807) is 12.2 Å². The maximum absolute atomic E-state index is 12.3. The first-order valence-electron chi connectivity index (χ1n) is 10.6. The van der Waals surface area contributed by atoms with Crippen molar-refractivity contribution in [3.63, 3.8) is 0 Å². The molecular weight excluding hydrogens is 374 g/mol. The van der Waals surface area contributed by atoms with E-state index in [4.69, 9.17) is 0 Å². The summed E-state index contributed by atoms with van der Waals surface area (Å²) in [4.78, 5) is 28.1. The van der Waals surface area contributed by atoms with Crippen LogP contribution in [0, 0.1) is 0 Å². The summed E-state index contributed by atoms with van der Waals surface area (Å²) < 4.78 is 0. The van der Waals surface area contributed by atoms with Crippen molar-refractivity contribution >= 4 is 23.6 Å². The molecule has 1 N–H and O–H groups in total. The molecule has 1 saturated heterocycles. The average Bonchev–Trinajstić information content (AvgIpc) is 3.19. The molecule has 1 heterocycles. The van der Waals surface area contributed by atoms with Crippen molar-refractivity contribution < 1.29 is 9.59 Å². The predicted octanol–water partition coefficient (Wildman–Crippen LogP) is 3.81. The van der Waals surface area contributed by atoms with Gasteiger partial charge in [0.1, 0.15) is 0 Å². The Hall–Kier alpha value is -2.92. The quantitative estimate of drug-likeness (QED) is 0.680. The second-order valence-electron chi connectivity index (χ2n) is 7.89. The van der Waals surface area contributed by atoms with E-state index in [0.29, 0.717) is 13.0 Å². The Bertz CT molecular complexity index is 886. The smallest absolute Gasteiger partial charge is 0.244 e. The van der Waals surface area contributed by atoms with Crippen LogP contribution in [0.4, 0.5) is 5.69 Å². The number of aryl methyl sites for hydroxylation is 1. The van der Waals surface area contributed by atoms with E-state index >= 15 is 0 Å². The minimum atomic E-state index is -0.120. The van der Waals surface area contributed by atoms with Crippen molar-refractivity contribution in [1.29, 1.82) is 0 Å². The van der Waals surface area contributed by atoms with Crippen LogP contribution in [0.3, 0.4) is 0 Å². The van der Waals surface area contributed by atoms with E-state index in [0.717, 1.165) is 30.6 Å². The van der Waals surface area contributed by atoms with E-state index in [-0.39, 0.29) is 17.9 Å². The fourth-order valence-corrected chi connectivity index (χ4v) is 3.69. The third-order valence-corrected chi connectivity index (χ3v) is 5.57. The number of anilines is 1. The Labute approximate surface area is 179 Å². The third kappa shape index (κ3) is 5.57. The number of hydrogen-bond acceptors (Lipinski definition) is 3. The third-order valence-electron chi connectivity index (χ3n) is 5.57. The maximum Gasteiger partial charge on any atom is 0.244 e. The van der Waals surface area contributed by atoms with Gasteiger partial charge in [-0.1, -0.05) is 43.3 Å². The average molecular weight is 406 g/mol. The summed E-state index contributed by atoms with van der Waals surface area (Å²) in [5.74, 6) is 0.0586. The number of carbonyl (C=O) groups excluding carboxylic acids is 2. The Morgan fingerprint density at radius 2 is 1.83 bits per heavy atom. The molecule has 2 aromatic rings. The zero-order valence-corrected chi connectivity index (χ0v) is 18.1. The van der Waals surface area contributed by atoms with Gasteiger partial charge in [0, 0.05) is 31.3 Å².